The highest BCUT2D eigenvalue weighted by Crippen LogP contribution is 2.43. The molecule has 1 aliphatic carbocycles. The average molecular weight is 519 g/mol. The van der Waals surface area contributed by atoms with Crippen molar-refractivity contribution in [3.05, 3.63) is 102 Å². The van der Waals surface area contributed by atoms with Crippen LogP contribution in [-0.2, 0) is 14.3 Å². The first kappa shape index (κ1) is 25.1. The van der Waals surface area contributed by atoms with Gasteiger partial charge in [0.1, 0.15) is 30.7 Å². The fourth-order valence-corrected chi connectivity index (χ4v) is 5.16. The summed E-state index contributed by atoms with van der Waals surface area (Å²) in [6, 6.07) is 24.1. The number of esters is 2. The quantitative estimate of drug-likeness (QED) is 0.314. The monoisotopic (exact) mass is 518 g/mol. The summed E-state index contributed by atoms with van der Waals surface area (Å²) < 4.78 is 17.0. The summed E-state index contributed by atoms with van der Waals surface area (Å²) in [5, 5.41) is 11.0. The topological polar surface area (TPSA) is 82.1 Å². The van der Waals surface area contributed by atoms with Crippen molar-refractivity contribution in [2.45, 2.75) is 31.2 Å². The Morgan fingerprint density at radius 3 is 2.57 bits per heavy atom. The molecule has 5 rings (SSSR count). The minimum atomic E-state index is -0.891. The zero-order valence-electron chi connectivity index (χ0n) is 20.0. The van der Waals surface area contributed by atoms with E-state index in [1.165, 1.54) is 0 Å². The molecule has 1 N–H and O–H groups in total. The number of aliphatic hydroxyl groups is 1. The van der Waals surface area contributed by atoms with Crippen molar-refractivity contribution in [1.29, 1.82) is 0 Å². The molecule has 0 bridgehead atoms. The normalized spacial score (nSPS) is 23.5. The fourth-order valence-electron chi connectivity index (χ4n) is 4.98. The standard InChI is InChI=1S/C30H27ClO6/c31-22-7-4-8-24(15-22)35-18-23(32)13-14-25-26-16-29(33)36-28(26)17-27(25)37-30(34)21-11-9-20(10-12-21)19-5-2-1-3-6-19/h1-15,23,25-28,32H,16-18H2/b14-13+/t23-,25-,26+,27+,28+/m0/s1. The maximum Gasteiger partial charge on any atom is 0.338 e. The molecule has 2 aliphatic rings. The van der Waals surface area contributed by atoms with Crippen molar-refractivity contribution in [2.75, 3.05) is 6.61 Å². The molecule has 0 unspecified atom stereocenters. The molecular weight excluding hydrogens is 492 g/mol. The Labute approximate surface area is 220 Å². The van der Waals surface area contributed by atoms with Gasteiger partial charge in [-0.05, 0) is 41.5 Å². The van der Waals surface area contributed by atoms with Gasteiger partial charge in [0.05, 0.1) is 12.0 Å². The lowest BCUT2D eigenvalue weighted by atomic mass is 9.91. The maximum absolute atomic E-state index is 13.0. The van der Waals surface area contributed by atoms with Crippen LogP contribution in [0.15, 0.2) is 91.0 Å². The van der Waals surface area contributed by atoms with Crippen LogP contribution in [0.2, 0.25) is 5.02 Å². The molecule has 7 heteroatoms. The Kier molecular flexibility index (Phi) is 7.58. The zero-order valence-corrected chi connectivity index (χ0v) is 20.8. The lowest BCUT2D eigenvalue weighted by Crippen LogP contribution is -2.25. The number of aliphatic hydroxyl groups excluding tert-OH is 1. The van der Waals surface area contributed by atoms with Gasteiger partial charge in [-0.1, -0.05) is 72.3 Å². The molecule has 1 aliphatic heterocycles. The molecule has 1 saturated heterocycles. The number of carbonyl (C=O) groups is 2. The van der Waals surface area contributed by atoms with E-state index in [9.17, 15) is 14.7 Å². The van der Waals surface area contributed by atoms with E-state index in [-0.39, 0.29) is 36.9 Å². The summed E-state index contributed by atoms with van der Waals surface area (Å²) in [5.41, 5.74) is 2.52. The van der Waals surface area contributed by atoms with Crippen LogP contribution < -0.4 is 4.74 Å². The van der Waals surface area contributed by atoms with Gasteiger partial charge in [-0.25, -0.2) is 4.79 Å². The summed E-state index contributed by atoms with van der Waals surface area (Å²) in [4.78, 5) is 24.9. The van der Waals surface area contributed by atoms with E-state index >= 15 is 0 Å². The Hall–Kier alpha value is -3.61. The lowest BCUT2D eigenvalue weighted by Gasteiger charge is -2.20. The van der Waals surface area contributed by atoms with Gasteiger partial charge in [-0.2, -0.15) is 0 Å². The summed E-state index contributed by atoms with van der Waals surface area (Å²) in [7, 11) is 0. The first-order valence-corrected chi connectivity index (χ1v) is 12.6. The van der Waals surface area contributed by atoms with Gasteiger partial charge in [0.25, 0.3) is 0 Å². The van der Waals surface area contributed by atoms with Gasteiger partial charge in [-0.3, -0.25) is 4.79 Å². The molecule has 3 aromatic carbocycles. The molecule has 6 nitrogen and oxygen atoms in total. The number of ether oxygens (including phenoxy) is 3. The third-order valence-corrected chi connectivity index (χ3v) is 7.04. The Bertz CT molecular complexity index is 1270. The van der Waals surface area contributed by atoms with E-state index in [1.807, 2.05) is 48.5 Å². The summed E-state index contributed by atoms with van der Waals surface area (Å²) >= 11 is 5.97. The first-order valence-electron chi connectivity index (χ1n) is 12.3. The van der Waals surface area contributed by atoms with Gasteiger partial charge in [0.2, 0.25) is 0 Å². The van der Waals surface area contributed by atoms with Crippen molar-refractivity contribution < 1.29 is 28.9 Å². The highest BCUT2D eigenvalue weighted by molar-refractivity contribution is 6.30. The molecule has 1 heterocycles. The van der Waals surface area contributed by atoms with Gasteiger partial charge in [-0.15, -0.1) is 0 Å². The Balaban J connectivity index is 1.24. The Morgan fingerprint density at radius 2 is 1.81 bits per heavy atom. The molecule has 1 saturated carbocycles. The van der Waals surface area contributed by atoms with Crippen LogP contribution in [-0.4, -0.2) is 42.0 Å². The van der Waals surface area contributed by atoms with Crippen LogP contribution >= 0.6 is 11.6 Å². The van der Waals surface area contributed by atoms with Crippen molar-refractivity contribution >= 4 is 23.5 Å². The van der Waals surface area contributed by atoms with Crippen LogP contribution in [0.3, 0.4) is 0 Å². The third kappa shape index (κ3) is 6.04. The second kappa shape index (κ2) is 11.2. The van der Waals surface area contributed by atoms with Gasteiger partial charge < -0.3 is 19.3 Å². The average Bonchev–Trinajstić information content (AvgIpc) is 3.42. The molecular formula is C30H27ClO6. The number of rotatable bonds is 8. The minimum Gasteiger partial charge on any atom is -0.491 e. The van der Waals surface area contributed by atoms with Crippen LogP contribution in [0.25, 0.3) is 11.1 Å². The van der Waals surface area contributed by atoms with Crippen LogP contribution in [0.5, 0.6) is 5.75 Å². The molecule has 190 valence electrons. The van der Waals surface area contributed by atoms with Crippen LogP contribution in [0, 0.1) is 11.8 Å². The molecule has 0 aromatic heterocycles. The number of carbonyl (C=O) groups excluding carboxylic acids is 2. The number of hydrogen-bond acceptors (Lipinski definition) is 6. The van der Waals surface area contributed by atoms with E-state index < -0.39 is 18.2 Å². The molecule has 5 atom stereocenters. The molecule has 3 aromatic rings. The van der Waals surface area contributed by atoms with Crippen molar-refractivity contribution in [2.24, 2.45) is 11.8 Å². The predicted octanol–water partition coefficient (Wildman–Crippen LogP) is 5.48. The summed E-state index contributed by atoms with van der Waals surface area (Å²) in [6.07, 6.45) is 2.45. The van der Waals surface area contributed by atoms with Gasteiger partial charge in [0, 0.05) is 23.3 Å². The highest BCUT2D eigenvalue weighted by Gasteiger charge is 2.50. The summed E-state index contributed by atoms with van der Waals surface area (Å²) in [5.74, 6) is -0.493. The SMILES string of the molecule is O=C1C[C@@H]2[C@H](/C=C/[C@H](O)COc3cccc(Cl)c3)[C@H](OC(=O)c3ccc(-c4ccccc4)cc3)C[C@H]2O1. The van der Waals surface area contributed by atoms with Crippen LogP contribution in [0.4, 0.5) is 0 Å². The van der Waals surface area contributed by atoms with E-state index in [0.29, 0.717) is 22.8 Å². The maximum atomic E-state index is 13.0. The van der Waals surface area contributed by atoms with Crippen molar-refractivity contribution in [3.8, 4) is 16.9 Å². The lowest BCUT2D eigenvalue weighted by molar-refractivity contribution is -0.141. The first-order chi connectivity index (χ1) is 18.0. The van der Waals surface area contributed by atoms with Crippen molar-refractivity contribution in [3.63, 3.8) is 0 Å². The minimum absolute atomic E-state index is 0.0330. The second-order valence-corrected chi connectivity index (χ2v) is 9.75. The highest BCUT2D eigenvalue weighted by atomic mass is 35.5. The van der Waals surface area contributed by atoms with Crippen molar-refractivity contribution in [1.82, 2.24) is 0 Å². The third-order valence-electron chi connectivity index (χ3n) is 6.81. The molecule has 37 heavy (non-hydrogen) atoms. The predicted molar refractivity (Wildman–Crippen MR) is 139 cm³/mol. The largest absolute Gasteiger partial charge is 0.491 e. The number of hydrogen-bond donors (Lipinski definition) is 1. The number of fused-ring (bicyclic) bond motifs is 1. The Morgan fingerprint density at radius 1 is 1.05 bits per heavy atom. The van der Waals surface area contributed by atoms with Gasteiger partial charge in [0.15, 0.2) is 0 Å². The van der Waals surface area contributed by atoms with Crippen LogP contribution in [0.1, 0.15) is 23.2 Å². The van der Waals surface area contributed by atoms with E-state index in [2.05, 4.69) is 0 Å². The molecule has 0 spiro atoms. The summed E-state index contributed by atoms with van der Waals surface area (Å²) in [6.45, 7) is 0.0330. The molecule has 0 radical (unpaired) electrons. The second-order valence-electron chi connectivity index (χ2n) is 9.32. The number of halogens is 1. The smallest absolute Gasteiger partial charge is 0.338 e. The van der Waals surface area contributed by atoms with E-state index in [4.69, 9.17) is 25.8 Å². The number of benzene rings is 3. The van der Waals surface area contributed by atoms with Gasteiger partial charge >= 0.3 is 11.9 Å². The molecule has 2 fully saturated rings. The fraction of sp³-hybridized carbons (Fsp3) is 0.267. The zero-order chi connectivity index (χ0) is 25.8. The van der Waals surface area contributed by atoms with E-state index in [0.717, 1.165) is 11.1 Å². The molecule has 0 amide bonds. The van der Waals surface area contributed by atoms with E-state index in [1.54, 1.807) is 42.5 Å².